The van der Waals surface area contributed by atoms with E-state index in [2.05, 4.69) is 10.0 Å². The molecule has 0 heterocycles. The van der Waals surface area contributed by atoms with Gasteiger partial charge in [0.15, 0.2) is 0 Å². The van der Waals surface area contributed by atoms with Crippen molar-refractivity contribution in [1.29, 1.82) is 0 Å². The lowest BCUT2D eigenvalue weighted by Gasteiger charge is -2.11. The first-order valence-corrected chi connectivity index (χ1v) is 9.44. The molecule has 0 aliphatic carbocycles. The van der Waals surface area contributed by atoms with Gasteiger partial charge in [-0.1, -0.05) is 23.7 Å². The molecule has 0 aliphatic heterocycles. The van der Waals surface area contributed by atoms with Gasteiger partial charge in [0.2, 0.25) is 15.9 Å². The van der Waals surface area contributed by atoms with Gasteiger partial charge in [-0.15, -0.1) is 0 Å². The van der Waals surface area contributed by atoms with Crippen LogP contribution in [0.2, 0.25) is 5.02 Å². The molecule has 0 aromatic heterocycles. The van der Waals surface area contributed by atoms with Crippen molar-refractivity contribution >= 4 is 27.5 Å². The fraction of sp³-hybridized carbons (Fsp3) is 0.235. The highest BCUT2D eigenvalue weighted by Gasteiger charge is 2.20. The number of nitrogens with one attached hydrogen (secondary N) is 2. The van der Waals surface area contributed by atoms with Gasteiger partial charge in [-0.3, -0.25) is 4.79 Å². The van der Waals surface area contributed by atoms with Gasteiger partial charge in [-0.05, 0) is 35.9 Å². The highest BCUT2D eigenvalue weighted by molar-refractivity contribution is 7.89. The second-order valence-corrected chi connectivity index (χ2v) is 7.42. The monoisotopic (exact) mass is 398 g/mol. The molecule has 0 saturated carbocycles. The molecule has 0 bridgehead atoms. The first kappa shape index (κ1) is 20.0. The fourth-order valence-electron chi connectivity index (χ4n) is 2.11. The second kappa shape index (κ2) is 8.88. The minimum absolute atomic E-state index is 0.129. The summed E-state index contributed by atoms with van der Waals surface area (Å²) in [5, 5.41) is 2.88. The first-order valence-electron chi connectivity index (χ1n) is 7.58. The SMILES string of the molecule is COc1ccc(CNC(=O)CNS(=O)(=O)c2cc(Cl)ccc2OC)cc1. The number of benzene rings is 2. The Kier molecular flexibility index (Phi) is 6.84. The molecule has 0 atom stereocenters. The van der Waals surface area contributed by atoms with Crippen LogP contribution in [0.15, 0.2) is 47.4 Å². The average Bonchev–Trinajstić information content (AvgIpc) is 2.65. The van der Waals surface area contributed by atoms with Crippen LogP contribution in [0.1, 0.15) is 5.56 Å². The molecule has 0 fully saturated rings. The molecule has 1 amide bonds. The molecule has 26 heavy (non-hydrogen) atoms. The molecule has 0 saturated heterocycles. The van der Waals surface area contributed by atoms with E-state index in [1.165, 1.54) is 25.3 Å². The van der Waals surface area contributed by atoms with Crippen LogP contribution in [0.4, 0.5) is 0 Å². The number of carbonyl (C=O) groups excluding carboxylic acids is 1. The van der Waals surface area contributed by atoms with Crippen LogP contribution >= 0.6 is 11.6 Å². The summed E-state index contributed by atoms with van der Waals surface area (Å²) in [7, 11) is -1.03. The molecule has 2 rings (SSSR count). The molecule has 0 radical (unpaired) electrons. The fourth-order valence-corrected chi connectivity index (χ4v) is 3.52. The van der Waals surface area contributed by atoms with Crippen LogP contribution in [-0.2, 0) is 21.4 Å². The summed E-state index contributed by atoms with van der Waals surface area (Å²) in [6.45, 7) is -0.140. The van der Waals surface area contributed by atoms with Crippen LogP contribution in [0.5, 0.6) is 11.5 Å². The lowest BCUT2D eigenvalue weighted by Crippen LogP contribution is -2.36. The Labute approximate surface area is 157 Å². The number of hydrogen-bond acceptors (Lipinski definition) is 5. The molecular weight excluding hydrogens is 380 g/mol. The summed E-state index contributed by atoms with van der Waals surface area (Å²) in [6.07, 6.45) is 0. The van der Waals surface area contributed by atoms with E-state index in [0.29, 0.717) is 5.75 Å². The molecule has 0 unspecified atom stereocenters. The van der Waals surface area contributed by atoms with E-state index in [4.69, 9.17) is 21.1 Å². The molecule has 140 valence electrons. The molecule has 0 spiro atoms. The van der Waals surface area contributed by atoms with E-state index < -0.39 is 22.5 Å². The first-order chi connectivity index (χ1) is 12.4. The van der Waals surface area contributed by atoms with Crippen molar-refractivity contribution in [3.8, 4) is 11.5 Å². The third kappa shape index (κ3) is 5.35. The Balaban J connectivity index is 1.94. The lowest BCUT2D eigenvalue weighted by atomic mass is 10.2. The van der Waals surface area contributed by atoms with E-state index in [9.17, 15) is 13.2 Å². The minimum Gasteiger partial charge on any atom is -0.497 e. The van der Waals surface area contributed by atoms with Gasteiger partial charge < -0.3 is 14.8 Å². The number of methoxy groups -OCH3 is 2. The minimum atomic E-state index is -3.95. The van der Waals surface area contributed by atoms with Crippen molar-refractivity contribution in [3.63, 3.8) is 0 Å². The van der Waals surface area contributed by atoms with Gasteiger partial charge in [-0.25, -0.2) is 13.1 Å². The van der Waals surface area contributed by atoms with Gasteiger partial charge in [0.05, 0.1) is 20.8 Å². The average molecular weight is 399 g/mol. The van der Waals surface area contributed by atoms with Gasteiger partial charge in [0.1, 0.15) is 16.4 Å². The number of hydrogen-bond donors (Lipinski definition) is 2. The maximum atomic E-state index is 12.4. The van der Waals surface area contributed by atoms with E-state index in [-0.39, 0.29) is 22.2 Å². The Morgan fingerprint density at radius 1 is 1.08 bits per heavy atom. The van der Waals surface area contributed by atoms with Crippen LogP contribution < -0.4 is 19.5 Å². The Hall–Kier alpha value is -2.29. The topological polar surface area (TPSA) is 93.7 Å². The molecule has 2 aromatic carbocycles. The number of rotatable bonds is 8. The normalized spacial score (nSPS) is 11.0. The third-order valence-corrected chi connectivity index (χ3v) is 5.14. The zero-order valence-corrected chi connectivity index (χ0v) is 15.9. The highest BCUT2D eigenvalue weighted by Crippen LogP contribution is 2.26. The molecule has 0 aliphatic rings. The number of sulfonamides is 1. The summed E-state index contributed by atoms with van der Waals surface area (Å²) >= 11 is 5.85. The van der Waals surface area contributed by atoms with E-state index in [0.717, 1.165) is 5.56 Å². The summed E-state index contributed by atoms with van der Waals surface area (Å²) in [4.78, 5) is 11.8. The summed E-state index contributed by atoms with van der Waals surface area (Å²) in [5.41, 5.74) is 0.860. The van der Waals surface area contributed by atoms with E-state index >= 15 is 0 Å². The molecule has 7 nitrogen and oxygen atoms in total. The summed E-state index contributed by atoms with van der Waals surface area (Å²) < 4.78 is 37.1. The number of ether oxygens (including phenoxy) is 2. The van der Waals surface area contributed by atoms with Crippen molar-refractivity contribution < 1.29 is 22.7 Å². The molecular formula is C17H19ClN2O5S. The van der Waals surface area contributed by atoms with Crippen molar-refractivity contribution in [1.82, 2.24) is 10.0 Å². The largest absolute Gasteiger partial charge is 0.497 e. The van der Waals surface area contributed by atoms with E-state index in [1.807, 2.05) is 0 Å². The van der Waals surface area contributed by atoms with Gasteiger partial charge in [-0.2, -0.15) is 0 Å². The second-order valence-electron chi connectivity index (χ2n) is 5.24. The van der Waals surface area contributed by atoms with E-state index in [1.54, 1.807) is 31.4 Å². The van der Waals surface area contributed by atoms with Crippen molar-refractivity contribution in [2.24, 2.45) is 0 Å². The van der Waals surface area contributed by atoms with Crippen molar-refractivity contribution in [2.45, 2.75) is 11.4 Å². The number of amides is 1. The van der Waals surface area contributed by atoms with Crippen LogP contribution in [0.25, 0.3) is 0 Å². The Morgan fingerprint density at radius 3 is 2.38 bits per heavy atom. The zero-order valence-electron chi connectivity index (χ0n) is 14.3. The van der Waals surface area contributed by atoms with Gasteiger partial charge in [0.25, 0.3) is 0 Å². The van der Waals surface area contributed by atoms with Crippen LogP contribution in [-0.4, -0.2) is 35.1 Å². The maximum absolute atomic E-state index is 12.4. The third-order valence-electron chi connectivity index (χ3n) is 3.49. The van der Waals surface area contributed by atoms with Gasteiger partial charge in [0, 0.05) is 11.6 Å². The van der Waals surface area contributed by atoms with Crippen molar-refractivity contribution in [3.05, 3.63) is 53.1 Å². The molecule has 2 N–H and O–H groups in total. The quantitative estimate of drug-likeness (QED) is 0.708. The predicted octanol–water partition coefficient (Wildman–Crippen LogP) is 1.95. The lowest BCUT2D eigenvalue weighted by molar-refractivity contribution is -0.120. The highest BCUT2D eigenvalue weighted by atomic mass is 35.5. The van der Waals surface area contributed by atoms with Gasteiger partial charge >= 0.3 is 0 Å². The Morgan fingerprint density at radius 2 is 1.77 bits per heavy atom. The predicted molar refractivity (Wildman–Crippen MR) is 98.0 cm³/mol. The number of halogens is 1. The smallest absolute Gasteiger partial charge is 0.244 e. The maximum Gasteiger partial charge on any atom is 0.244 e. The van der Waals surface area contributed by atoms with Crippen LogP contribution in [0, 0.1) is 0 Å². The van der Waals surface area contributed by atoms with Crippen LogP contribution in [0.3, 0.4) is 0 Å². The van der Waals surface area contributed by atoms with Crippen molar-refractivity contribution in [2.75, 3.05) is 20.8 Å². The molecule has 2 aromatic rings. The summed E-state index contributed by atoms with van der Waals surface area (Å²) in [6, 6.07) is 11.4. The zero-order chi connectivity index (χ0) is 19.2. The standard InChI is InChI=1S/C17H19ClN2O5S/c1-24-14-6-3-12(4-7-14)10-19-17(21)11-20-26(22,23)16-9-13(18)5-8-15(16)25-2/h3-9,20H,10-11H2,1-2H3,(H,19,21). The number of carbonyl (C=O) groups is 1. The molecule has 9 heteroatoms. The Bertz CT molecular complexity index is 869. The summed E-state index contributed by atoms with van der Waals surface area (Å²) in [5.74, 6) is 0.384.